The normalized spacial score (nSPS) is 14.2. The van der Waals surface area contributed by atoms with E-state index in [0.29, 0.717) is 12.1 Å². The highest BCUT2D eigenvalue weighted by atomic mass is 16.6. The Kier molecular flexibility index (Phi) is 4.47. The molecule has 0 bridgehead atoms. The second-order valence-corrected chi connectivity index (χ2v) is 2.89. The molecule has 0 spiro atoms. The average molecular weight is 194 g/mol. The molecule has 0 unspecified atom stereocenters. The second-order valence-electron chi connectivity index (χ2n) is 2.89. The van der Waals surface area contributed by atoms with Crippen LogP contribution in [-0.4, -0.2) is 18.7 Å². The Labute approximate surface area is 83.3 Å². The predicted octanol–water partition coefficient (Wildman–Crippen LogP) is 1.36. The minimum atomic E-state index is -0.0911. The molecule has 1 heterocycles. The van der Waals surface area contributed by atoms with E-state index in [1.165, 1.54) is 12.5 Å². The van der Waals surface area contributed by atoms with Crippen LogP contribution in [0.15, 0.2) is 29.1 Å². The van der Waals surface area contributed by atoms with Gasteiger partial charge in [0.05, 0.1) is 6.21 Å². The lowest BCUT2D eigenvalue weighted by molar-refractivity contribution is -0.117. The Hall–Kier alpha value is -1.58. The molecule has 0 aliphatic carbocycles. The minimum Gasteiger partial charge on any atom is -0.365 e. The Morgan fingerprint density at radius 2 is 2.50 bits per heavy atom. The van der Waals surface area contributed by atoms with Crippen LogP contribution in [0.1, 0.15) is 19.8 Å². The zero-order valence-electron chi connectivity index (χ0n) is 8.19. The van der Waals surface area contributed by atoms with Crippen molar-refractivity contribution in [1.82, 2.24) is 5.32 Å². The van der Waals surface area contributed by atoms with Crippen molar-refractivity contribution < 1.29 is 9.63 Å². The lowest BCUT2D eigenvalue weighted by Gasteiger charge is -2.02. The number of carbonyl (C=O) groups is 1. The molecule has 4 nitrogen and oxygen atoms in total. The van der Waals surface area contributed by atoms with Gasteiger partial charge >= 0.3 is 0 Å². The first kappa shape index (κ1) is 10.5. The molecule has 0 aromatic carbocycles. The Balaban J connectivity index is 2.43. The highest BCUT2D eigenvalue weighted by Crippen LogP contribution is 2.00. The third-order valence-corrected chi connectivity index (χ3v) is 1.76. The summed E-state index contributed by atoms with van der Waals surface area (Å²) < 4.78 is 0. The highest BCUT2D eigenvalue weighted by molar-refractivity contribution is 5.99. The number of oxime groups is 1. The van der Waals surface area contributed by atoms with Gasteiger partial charge in [0.2, 0.25) is 0 Å². The average Bonchev–Trinajstić information content (AvgIpc) is 2.46. The van der Waals surface area contributed by atoms with Crippen LogP contribution in [0.4, 0.5) is 0 Å². The van der Waals surface area contributed by atoms with E-state index in [9.17, 15) is 4.79 Å². The molecule has 0 saturated carbocycles. The molecule has 14 heavy (non-hydrogen) atoms. The molecule has 76 valence electrons. The zero-order valence-corrected chi connectivity index (χ0v) is 8.19. The zero-order chi connectivity index (χ0) is 10.2. The first-order valence-corrected chi connectivity index (χ1v) is 4.69. The van der Waals surface area contributed by atoms with Gasteiger partial charge in [0.1, 0.15) is 6.26 Å². The van der Waals surface area contributed by atoms with Gasteiger partial charge in [0.15, 0.2) is 0 Å². The van der Waals surface area contributed by atoms with Crippen molar-refractivity contribution >= 4 is 12.1 Å². The number of unbranched alkanes of at least 4 members (excludes halogenated alkanes) is 1. The van der Waals surface area contributed by atoms with E-state index in [2.05, 4.69) is 22.2 Å². The van der Waals surface area contributed by atoms with Gasteiger partial charge in [0, 0.05) is 12.1 Å². The van der Waals surface area contributed by atoms with Crippen molar-refractivity contribution in [2.24, 2.45) is 5.16 Å². The summed E-state index contributed by atoms with van der Waals surface area (Å²) in [6.07, 6.45) is 8.11. The number of rotatable bonds is 4. The number of nitrogens with zero attached hydrogens (tertiary/aromatic N) is 1. The maximum atomic E-state index is 11.5. The predicted molar refractivity (Wildman–Crippen MR) is 54.7 cm³/mol. The summed E-state index contributed by atoms with van der Waals surface area (Å²) >= 11 is 0. The van der Waals surface area contributed by atoms with Crippen molar-refractivity contribution in [3.8, 4) is 0 Å². The minimum absolute atomic E-state index is 0.0911. The molecule has 0 radical (unpaired) electrons. The molecule has 0 saturated heterocycles. The molecule has 0 fully saturated rings. The van der Waals surface area contributed by atoms with E-state index < -0.39 is 0 Å². The van der Waals surface area contributed by atoms with Crippen LogP contribution >= 0.6 is 0 Å². The number of hydrogen-bond donors (Lipinski definition) is 1. The maximum absolute atomic E-state index is 11.5. The highest BCUT2D eigenvalue weighted by Gasteiger charge is 2.05. The number of amides is 1. The molecule has 1 rings (SSSR count). The lowest BCUT2D eigenvalue weighted by atomic mass is 10.2. The quantitative estimate of drug-likeness (QED) is 0.687. The van der Waals surface area contributed by atoms with E-state index in [0.717, 1.165) is 12.8 Å². The second kappa shape index (κ2) is 5.96. The first-order chi connectivity index (χ1) is 6.84. The molecule has 1 N–H and O–H groups in total. The summed E-state index contributed by atoms with van der Waals surface area (Å²) in [5, 5.41) is 6.34. The standard InChI is InChI=1S/C10H14N2O2/c1-2-3-6-11-10(13)9-4-7-12-14-8-5-9/h4-5,7-8H,2-3,6H2,1H3,(H,11,13). The van der Waals surface area contributed by atoms with Gasteiger partial charge in [-0.25, -0.2) is 0 Å². The van der Waals surface area contributed by atoms with Crippen molar-refractivity contribution in [1.29, 1.82) is 0 Å². The van der Waals surface area contributed by atoms with Crippen LogP contribution in [0.5, 0.6) is 0 Å². The number of hydrogen-bond acceptors (Lipinski definition) is 3. The molecular formula is C10H14N2O2. The molecule has 0 aromatic rings. The van der Waals surface area contributed by atoms with Crippen molar-refractivity contribution in [3.05, 3.63) is 24.0 Å². The lowest BCUT2D eigenvalue weighted by Crippen LogP contribution is -2.25. The first-order valence-electron chi connectivity index (χ1n) is 4.69. The summed E-state index contributed by atoms with van der Waals surface area (Å²) in [4.78, 5) is 16.1. The van der Waals surface area contributed by atoms with E-state index in [1.54, 1.807) is 12.2 Å². The van der Waals surface area contributed by atoms with E-state index >= 15 is 0 Å². The summed E-state index contributed by atoms with van der Waals surface area (Å²) in [5.41, 5.74) is 0.558. The molecule has 1 aliphatic rings. The Morgan fingerprint density at radius 3 is 3.29 bits per heavy atom. The van der Waals surface area contributed by atoms with Gasteiger partial charge in [-0.2, -0.15) is 0 Å². The summed E-state index contributed by atoms with van der Waals surface area (Å²) in [6.45, 7) is 2.79. The van der Waals surface area contributed by atoms with Gasteiger partial charge < -0.3 is 10.2 Å². The van der Waals surface area contributed by atoms with Gasteiger partial charge in [-0.15, -0.1) is 0 Å². The Morgan fingerprint density at radius 1 is 1.64 bits per heavy atom. The number of nitrogens with one attached hydrogen (secondary N) is 1. The van der Waals surface area contributed by atoms with Crippen molar-refractivity contribution in [2.45, 2.75) is 19.8 Å². The molecule has 1 aliphatic heterocycles. The fourth-order valence-electron chi connectivity index (χ4n) is 0.972. The molecule has 0 aromatic heterocycles. The Bertz CT molecular complexity index is 280. The molecule has 1 amide bonds. The molecular weight excluding hydrogens is 180 g/mol. The topological polar surface area (TPSA) is 50.7 Å². The number of allylic oxidation sites excluding steroid dienone is 1. The third kappa shape index (κ3) is 3.43. The summed E-state index contributed by atoms with van der Waals surface area (Å²) in [7, 11) is 0. The number of carbonyl (C=O) groups excluding carboxylic acids is 1. The van der Waals surface area contributed by atoms with Crippen LogP contribution in [0.25, 0.3) is 0 Å². The SMILES string of the molecule is CCCCNC(=O)C1=CC=NOC=C1. The fourth-order valence-corrected chi connectivity index (χ4v) is 0.972. The van der Waals surface area contributed by atoms with E-state index in [-0.39, 0.29) is 5.91 Å². The van der Waals surface area contributed by atoms with Gasteiger partial charge in [0.25, 0.3) is 5.91 Å². The van der Waals surface area contributed by atoms with Gasteiger partial charge in [-0.1, -0.05) is 18.5 Å². The molecule has 4 heteroatoms. The van der Waals surface area contributed by atoms with Crippen LogP contribution in [0, 0.1) is 0 Å². The monoisotopic (exact) mass is 194 g/mol. The van der Waals surface area contributed by atoms with Crippen molar-refractivity contribution in [3.63, 3.8) is 0 Å². The fraction of sp³-hybridized carbons (Fsp3) is 0.400. The van der Waals surface area contributed by atoms with E-state index in [4.69, 9.17) is 0 Å². The maximum Gasteiger partial charge on any atom is 0.251 e. The van der Waals surface area contributed by atoms with Crippen molar-refractivity contribution in [2.75, 3.05) is 6.54 Å². The summed E-state index contributed by atoms with van der Waals surface area (Å²) in [6, 6.07) is 0. The smallest absolute Gasteiger partial charge is 0.251 e. The van der Waals surface area contributed by atoms with Gasteiger partial charge in [-0.3, -0.25) is 4.79 Å². The van der Waals surface area contributed by atoms with Gasteiger partial charge in [-0.05, 0) is 18.6 Å². The van der Waals surface area contributed by atoms with Crippen LogP contribution in [-0.2, 0) is 9.63 Å². The largest absolute Gasteiger partial charge is 0.365 e. The summed E-state index contributed by atoms with van der Waals surface area (Å²) in [5.74, 6) is -0.0911. The van der Waals surface area contributed by atoms with E-state index in [1.807, 2.05) is 0 Å². The molecule has 0 atom stereocenters. The third-order valence-electron chi connectivity index (χ3n) is 1.76. The van der Waals surface area contributed by atoms with Crippen LogP contribution in [0.3, 0.4) is 0 Å². The van der Waals surface area contributed by atoms with Crippen LogP contribution < -0.4 is 5.32 Å². The van der Waals surface area contributed by atoms with Crippen LogP contribution in [0.2, 0.25) is 0 Å².